The van der Waals surface area contributed by atoms with Gasteiger partial charge in [0.05, 0.1) is 6.20 Å². The van der Waals surface area contributed by atoms with Gasteiger partial charge in [0, 0.05) is 51.1 Å². The fourth-order valence-electron chi connectivity index (χ4n) is 5.57. The van der Waals surface area contributed by atoms with E-state index in [1.807, 2.05) is 17.0 Å². The SMILES string of the molecule is CN1C(N)=N[C@](C)(c2cc(CC(=O)c3ccc(F)cn3)ccc2F)[C@@]2(CCN(Cc3cccnc3)C2)S1(=O)=O. The van der Waals surface area contributed by atoms with Crippen LogP contribution < -0.4 is 5.73 Å². The second-order valence-electron chi connectivity index (χ2n) is 10.1. The van der Waals surface area contributed by atoms with Gasteiger partial charge in [0.1, 0.15) is 27.6 Å². The first-order chi connectivity index (χ1) is 18.5. The van der Waals surface area contributed by atoms with Crippen LogP contribution in [0.1, 0.15) is 40.5 Å². The van der Waals surface area contributed by atoms with Crippen molar-refractivity contribution in [2.24, 2.45) is 10.7 Å². The van der Waals surface area contributed by atoms with Crippen molar-refractivity contribution < 1.29 is 22.0 Å². The monoisotopic (exact) mass is 554 g/mol. The Morgan fingerprint density at radius 1 is 1.13 bits per heavy atom. The molecule has 0 aliphatic carbocycles. The predicted molar refractivity (Wildman–Crippen MR) is 141 cm³/mol. The van der Waals surface area contributed by atoms with Crippen LogP contribution >= 0.6 is 0 Å². The lowest BCUT2D eigenvalue weighted by atomic mass is 9.77. The van der Waals surface area contributed by atoms with Crippen LogP contribution in [0.4, 0.5) is 8.78 Å². The van der Waals surface area contributed by atoms with Crippen molar-refractivity contribution in [1.29, 1.82) is 0 Å². The molecule has 5 rings (SSSR count). The Kier molecular flexibility index (Phi) is 6.71. The number of ketones is 1. The van der Waals surface area contributed by atoms with E-state index in [1.165, 1.54) is 31.3 Å². The minimum atomic E-state index is -4.09. The van der Waals surface area contributed by atoms with Gasteiger partial charge >= 0.3 is 0 Å². The molecule has 204 valence electrons. The average Bonchev–Trinajstić information content (AvgIpc) is 3.35. The molecule has 1 spiro atoms. The molecule has 39 heavy (non-hydrogen) atoms. The van der Waals surface area contributed by atoms with Crippen LogP contribution in [0.25, 0.3) is 0 Å². The van der Waals surface area contributed by atoms with Gasteiger partial charge in [0.2, 0.25) is 16.0 Å². The summed E-state index contributed by atoms with van der Waals surface area (Å²) in [7, 11) is -2.74. The Morgan fingerprint density at radius 3 is 2.62 bits per heavy atom. The maximum atomic E-state index is 15.6. The van der Waals surface area contributed by atoms with Gasteiger partial charge in [-0.05, 0) is 54.8 Å². The molecule has 9 nitrogen and oxygen atoms in total. The van der Waals surface area contributed by atoms with Crippen LogP contribution in [0.5, 0.6) is 0 Å². The zero-order chi connectivity index (χ0) is 28.0. The number of sulfonamides is 1. The van der Waals surface area contributed by atoms with E-state index < -0.39 is 37.7 Å². The molecule has 0 unspecified atom stereocenters. The van der Waals surface area contributed by atoms with Crippen molar-refractivity contribution in [2.45, 2.75) is 36.6 Å². The van der Waals surface area contributed by atoms with Crippen LogP contribution in [0.2, 0.25) is 0 Å². The van der Waals surface area contributed by atoms with E-state index in [-0.39, 0.29) is 36.6 Å². The Morgan fingerprint density at radius 2 is 1.92 bits per heavy atom. The molecule has 1 saturated heterocycles. The maximum Gasteiger partial charge on any atom is 0.247 e. The second kappa shape index (κ2) is 9.76. The lowest BCUT2D eigenvalue weighted by Gasteiger charge is -2.48. The number of carbonyl (C=O) groups is 1. The van der Waals surface area contributed by atoms with Crippen molar-refractivity contribution in [1.82, 2.24) is 19.2 Å². The van der Waals surface area contributed by atoms with E-state index in [2.05, 4.69) is 15.0 Å². The summed E-state index contributed by atoms with van der Waals surface area (Å²) in [6.45, 7) is 2.57. The molecule has 4 heterocycles. The molecule has 2 aliphatic rings. The van der Waals surface area contributed by atoms with Gasteiger partial charge in [-0.3, -0.25) is 19.7 Å². The molecule has 1 aromatic carbocycles. The molecule has 0 radical (unpaired) electrons. The molecule has 3 aromatic rings. The van der Waals surface area contributed by atoms with Crippen LogP contribution in [-0.4, -0.2) is 64.2 Å². The number of Topliss-reactive ketones (excluding diaryl/α,β-unsaturated/α-hetero) is 1. The first-order valence-corrected chi connectivity index (χ1v) is 13.8. The Balaban J connectivity index is 1.55. The number of benzene rings is 1. The summed E-state index contributed by atoms with van der Waals surface area (Å²) >= 11 is 0. The predicted octanol–water partition coefficient (Wildman–Crippen LogP) is 2.63. The summed E-state index contributed by atoms with van der Waals surface area (Å²) < 4.78 is 56.3. The lowest BCUT2D eigenvalue weighted by Crippen LogP contribution is -2.66. The van der Waals surface area contributed by atoms with Gasteiger partial charge in [-0.1, -0.05) is 12.1 Å². The molecule has 12 heteroatoms. The molecule has 0 saturated carbocycles. The van der Waals surface area contributed by atoms with Crippen molar-refractivity contribution in [3.8, 4) is 0 Å². The minimum absolute atomic E-state index is 0.0303. The van der Waals surface area contributed by atoms with Crippen LogP contribution in [0.15, 0.2) is 66.0 Å². The van der Waals surface area contributed by atoms with E-state index in [4.69, 9.17) is 5.73 Å². The molecule has 2 aliphatic heterocycles. The number of aromatic nitrogens is 2. The number of hydrogen-bond acceptors (Lipinski definition) is 8. The van der Waals surface area contributed by atoms with E-state index >= 15 is 4.39 Å². The summed E-state index contributed by atoms with van der Waals surface area (Å²) in [5.74, 6) is -1.86. The van der Waals surface area contributed by atoms with E-state index in [0.717, 1.165) is 22.1 Å². The molecule has 0 amide bonds. The molecule has 2 aromatic heterocycles. The van der Waals surface area contributed by atoms with Crippen molar-refractivity contribution in [2.75, 3.05) is 20.1 Å². The standard InChI is InChI=1S/C27H28F2N6O3S/c1-26(21-12-18(5-7-22(21)29)13-24(36)23-8-6-20(28)15-32-23)27(39(37,38)34(2)25(30)33-26)9-11-35(17-27)16-19-4-3-10-31-14-19/h3-8,10,12,14-15H,9,11,13,16-17H2,1-2H3,(H2,30,33)/t26-,27+/m1/s1. The van der Waals surface area contributed by atoms with E-state index in [9.17, 15) is 17.6 Å². The molecule has 2 atom stereocenters. The Bertz CT molecular complexity index is 1550. The summed E-state index contributed by atoms with van der Waals surface area (Å²) in [4.78, 5) is 27.4. The fourth-order valence-corrected chi connectivity index (χ4v) is 7.73. The summed E-state index contributed by atoms with van der Waals surface area (Å²) in [5.41, 5.74) is 5.95. The maximum absolute atomic E-state index is 15.6. The van der Waals surface area contributed by atoms with Crippen molar-refractivity contribution in [3.05, 3.63) is 95.1 Å². The van der Waals surface area contributed by atoms with E-state index in [0.29, 0.717) is 18.7 Å². The molecule has 0 bridgehead atoms. The molecule has 2 N–H and O–H groups in total. The first-order valence-electron chi connectivity index (χ1n) is 12.4. The highest BCUT2D eigenvalue weighted by Crippen LogP contribution is 2.51. The van der Waals surface area contributed by atoms with Crippen LogP contribution in [0, 0.1) is 11.6 Å². The summed E-state index contributed by atoms with van der Waals surface area (Å²) in [6.07, 6.45) is 4.38. The number of guanidine groups is 1. The topological polar surface area (TPSA) is 122 Å². The Hall–Kier alpha value is -3.77. The quantitative estimate of drug-likeness (QED) is 0.465. The number of hydrogen-bond donors (Lipinski definition) is 1. The number of nitrogens with zero attached hydrogens (tertiary/aromatic N) is 5. The number of pyridine rings is 2. The molecular formula is C27H28F2N6O3S. The number of nitrogens with two attached hydrogens (primary N) is 1. The first kappa shape index (κ1) is 26.8. The molecular weight excluding hydrogens is 526 g/mol. The zero-order valence-electron chi connectivity index (χ0n) is 21.5. The van der Waals surface area contributed by atoms with Crippen molar-refractivity contribution in [3.63, 3.8) is 0 Å². The van der Waals surface area contributed by atoms with E-state index in [1.54, 1.807) is 19.3 Å². The third-order valence-corrected chi connectivity index (χ3v) is 10.4. The molecule has 1 fully saturated rings. The highest BCUT2D eigenvalue weighted by atomic mass is 32.2. The lowest BCUT2D eigenvalue weighted by molar-refractivity contribution is 0.0988. The normalized spacial score (nSPS) is 24.6. The highest BCUT2D eigenvalue weighted by molar-refractivity contribution is 7.91. The van der Waals surface area contributed by atoms with Gasteiger partial charge < -0.3 is 5.73 Å². The minimum Gasteiger partial charge on any atom is -0.369 e. The third-order valence-electron chi connectivity index (χ3n) is 7.78. The summed E-state index contributed by atoms with van der Waals surface area (Å²) in [6, 6.07) is 10.3. The van der Waals surface area contributed by atoms with Crippen LogP contribution in [0.3, 0.4) is 0 Å². The van der Waals surface area contributed by atoms with Gasteiger partial charge in [-0.15, -0.1) is 0 Å². The smallest absolute Gasteiger partial charge is 0.247 e. The van der Waals surface area contributed by atoms with Crippen molar-refractivity contribution >= 4 is 21.8 Å². The van der Waals surface area contributed by atoms with Gasteiger partial charge in [0.15, 0.2) is 5.78 Å². The Labute approximate surface area is 225 Å². The number of aliphatic imine (C=N–C) groups is 1. The van der Waals surface area contributed by atoms with Gasteiger partial charge in [0.25, 0.3) is 0 Å². The largest absolute Gasteiger partial charge is 0.369 e. The van der Waals surface area contributed by atoms with Crippen LogP contribution in [-0.2, 0) is 28.5 Å². The zero-order valence-corrected chi connectivity index (χ0v) is 22.3. The van der Waals surface area contributed by atoms with Gasteiger partial charge in [-0.25, -0.2) is 26.5 Å². The number of likely N-dealkylation sites (tertiary alicyclic amines) is 1. The summed E-state index contributed by atoms with van der Waals surface area (Å²) in [5, 5.41) is 0. The van der Waals surface area contributed by atoms with Gasteiger partial charge in [-0.2, -0.15) is 0 Å². The average molecular weight is 555 g/mol. The number of rotatable bonds is 6. The fraction of sp³-hybridized carbons (Fsp3) is 0.333. The number of carbonyl (C=O) groups excluding carboxylic acids is 1. The number of halogens is 2. The third kappa shape index (κ3) is 4.47. The second-order valence-corrected chi connectivity index (χ2v) is 12.4. The highest BCUT2D eigenvalue weighted by Gasteiger charge is 2.66.